The summed E-state index contributed by atoms with van der Waals surface area (Å²) in [5.41, 5.74) is 1.72. The molecule has 0 aliphatic heterocycles. The number of fused-ring (bicyclic) bond motifs is 1. The predicted octanol–water partition coefficient (Wildman–Crippen LogP) is 6.74. The number of halogens is 2. The summed E-state index contributed by atoms with van der Waals surface area (Å²) >= 11 is 9.61. The summed E-state index contributed by atoms with van der Waals surface area (Å²) in [4.78, 5) is 26.1. The second-order valence-electron chi connectivity index (χ2n) is 6.48. The maximum absolute atomic E-state index is 13.1. The minimum absolute atomic E-state index is 0.259. The highest BCUT2D eigenvalue weighted by Gasteiger charge is 2.19. The highest BCUT2D eigenvalue weighted by atomic mass is 79.9. The Balaban J connectivity index is 1.74. The maximum Gasteiger partial charge on any atom is 0.256 e. The van der Waals surface area contributed by atoms with E-state index in [1.54, 1.807) is 48.5 Å². The van der Waals surface area contributed by atoms with Crippen LogP contribution in [0.2, 0.25) is 5.02 Å². The van der Waals surface area contributed by atoms with E-state index in [4.69, 9.17) is 11.6 Å². The van der Waals surface area contributed by atoms with Gasteiger partial charge in [-0.2, -0.15) is 0 Å². The zero-order valence-electron chi connectivity index (χ0n) is 15.2. The molecule has 0 saturated carbocycles. The number of benzene rings is 4. The molecule has 0 aromatic heterocycles. The van der Waals surface area contributed by atoms with E-state index in [1.807, 2.05) is 36.4 Å². The highest BCUT2D eigenvalue weighted by Crippen LogP contribution is 2.28. The minimum atomic E-state index is -0.280. The highest BCUT2D eigenvalue weighted by molar-refractivity contribution is 9.10. The SMILES string of the molecule is O=C(c1ccccc1Cl)c1cc(Br)ccc1NC(=O)c1cccc2ccccc12. The molecule has 0 fully saturated rings. The number of hydrogen-bond acceptors (Lipinski definition) is 2. The van der Waals surface area contributed by atoms with Crippen LogP contribution in [-0.4, -0.2) is 11.7 Å². The molecule has 4 aromatic carbocycles. The number of anilines is 1. The largest absolute Gasteiger partial charge is 0.321 e. The first kappa shape index (κ1) is 19.4. The molecule has 142 valence electrons. The summed E-state index contributed by atoms with van der Waals surface area (Å²) in [6, 6.07) is 25.3. The van der Waals surface area contributed by atoms with Crippen LogP contribution in [0.1, 0.15) is 26.3 Å². The molecule has 0 radical (unpaired) electrons. The Labute approximate surface area is 181 Å². The summed E-state index contributed by atoms with van der Waals surface area (Å²) < 4.78 is 0.732. The third kappa shape index (κ3) is 3.95. The molecule has 1 amide bonds. The summed E-state index contributed by atoms with van der Waals surface area (Å²) in [5.74, 6) is -0.539. The van der Waals surface area contributed by atoms with Gasteiger partial charge in [0.05, 0.1) is 10.7 Å². The molecule has 0 saturated heterocycles. The molecule has 29 heavy (non-hydrogen) atoms. The fourth-order valence-electron chi connectivity index (χ4n) is 3.22. The van der Waals surface area contributed by atoms with Crippen LogP contribution in [0.5, 0.6) is 0 Å². The first-order chi connectivity index (χ1) is 14.0. The van der Waals surface area contributed by atoms with Gasteiger partial charge in [-0.15, -0.1) is 0 Å². The molecule has 1 N–H and O–H groups in total. The van der Waals surface area contributed by atoms with E-state index in [1.165, 1.54) is 0 Å². The molecule has 0 unspecified atom stereocenters. The van der Waals surface area contributed by atoms with Crippen LogP contribution in [0, 0.1) is 0 Å². The van der Waals surface area contributed by atoms with Gasteiger partial charge >= 0.3 is 0 Å². The van der Waals surface area contributed by atoms with Crippen molar-refractivity contribution in [1.82, 2.24) is 0 Å². The normalized spacial score (nSPS) is 10.7. The van der Waals surface area contributed by atoms with Gasteiger partial charge in [-0.05, 0) is 47.2 Å². The molecule has 0 aliphatic rings. The van der Waals surface area contributed by atoms with Gasteiger partial charge in [0.25, 0.3) is 5.91 Å². The van der Waals surface area contributed by atoms with E-state index in [-0.39, 0.29) is 11.7 Å². The van der Waals surface area contributed by atoms with Gasteiger partial charge in [-0.1, -0.05) is 76.1 Å². The number of hydrogen-bond donors (Lipinski definition) is 1. The molecular weight excluding hydrogens is 450 g/mol. The molecule has 4 rings (SSSR count). The van der Waals surface area contributed by atoms with E-state index in [0.29, 0.717) is 27.4 Å². The fraction of sp³-hybridized carbons (Fsp3) is 0. The second-order valence-corrected chi connectivity index (χ2v) is 7.80. The zero-order chi connectivity index (χ0) is 20.4. The molecule has 4 aromatic rings. The van der Waals surface area contributed by atoms with Crippen molar-refractivity contribution >= 4 is 55.7 Å². The topological polar surface area (TPSA) is 46.2 Å². The van der Waals surface area contributed by atoms with Crippen LogP contribution < -0.4 is 5.32 Å². The van der Waals surface area contributed by atoms with E-state index >= 15 is 0 Å². The Morgan fingerprint density at radius 3 is 2.28 bits per heavy atom. The van der Waals surface area contributed by atoms with Crippen LogP contribution in [0.4, 0.5) is 5.69 Å². The standard InChI is InChI=1S/C24H15BrClNO2/c25-16-12-13-22(20(14-16)23(28)19-9-3-4-11-21(19)26)27-24(29)18-10-5-7-15-6-1-2-8-17(15)18/h1-14H,(H,27,29). The zero-order valence-corrected chi connectivity index (χ0v) is 17.5. The first-order valence-electron chi connectivity index (χ1n) is 8.92. The molecule has 0 spiro atoms. The lowest BCUT2D eigenvalue weighted by molar-refractivity contribution is 0.102. The third-order valence-corrected chi connectivity index (χ3v) is 5.45. The summed E-state index contributed by atoms with van der Waals surface area (Å²) in [5, 5.41) is 5.08. The van der Waals surface area contributed by atoms with Crippen molar-refractivity contribution in [3.8, 4) is 0 Å². The maximum atomic E-state index is 13.1. The number of rotatable bonds is 4. The summed E-state index contributed by atoms with van der Waals surface area (Å²) in [6.07, 6.45) is 0. The average molecular weight is 465 g/mol. The van der Waals surface area contributed by atoms with Crippen molar-refractivity contribution in [2.24, 2.45) is 0 Å². The van der Waals surface area contributed by atoms with Gasteiger partial charge < -0.3 is 5.32 Å². The lowest BCUT2D eigenvalue weighted by Crippen LogP contribution is -2.16. The van der Waals surface area contributed by atoms with Gasteiger partial charge in [-0.25, -0.2) is 0 Å². The van der Waals surface area contributed by atoms with Gasteiger partial charge in [0, 0.05) is 21.2 Å². The first-order valence-corrected chi connectivity index (χ1v) is 10.1. The second kappa shape index (κ2) is 8.19. The molecule has 0 atom stereocenters. The monoisotopic (exact) mass is 463 g/mol. The van der Waals surface area contributed by atoms with E-state index in [2.05, 4.69) is 21.2 Å². The molecule has 0 heterocycles. The van der Waals surface area contributed by atoms with Crippen LogP contribution in [-0.2, 0) is 0 Å². The molecule has 5 heteroatoms. The summed E-state index contributed by atoms with van der Waals surface area (Å²) in [7, 11) is 0. The fourth-order valence-corrected chi connectivity index (χ4v) is 3.80. The van der Waals surface area contributed by atoms with Crippen molar-refractivity contribution in [2.45, 2.75) is 0 Å². The lowest BCUT2D eigenvalue weighted by atomic mass is 10.0. The van der Waals surface area contributed by atoms with E-state index in [0.717, 1.165) is 15.2 Å². The average Bonchev–Trinajstić information content (AvgIpc) is 2.74. The van der Waals surface area contributed by atoms with Crippen LogP contribution >= 0.6 is 27.5 Å². The van der Waals surface area contributed by atoms with Crippen LogP contribution in [0.15, 0.2) is 89.4 Å². The van der Waals surface area contributed by atoms with Gasteiger partial charge in [0.15, 0.2) is 5.78 Å². The molecule has 3 nitrogen and oxygen atoms in total. The Morgan fingerprint density at radius 2 is 1.45 bits per heavy atom. The van der Waals surface area contributed by atoms with Crippen molar-refractivity contribution in [2.75, 3.05) is 5.32 Å². The molecule has 0 bridgehead atoms. The van der Waals surface area contributed by atoms with Crippen molar-refractivity contribution < 1.29 is 9.59 Å². The van der Waals surface area contributed by atoms with Gasteiger partial charge in [-0.3, -0.25) is 9.59 Å². The van der Waals surface area contributed by atoms with Crippen LogP contribution in [0.3, 0.4) is 0 Å². The predicted molar refractivity (Wildman–Crippen MR) is 121 cm³/mol. The Kier molecular flexibility index (Phi) is 5.47. The number of amides is 1. The van der Waals surface area contributed by atoms with Crippen LogP contribution in [0.25, 0.3) is 10.8 Å². The minimum Gasteiger partial charge on any atom is -0.321 e. The molecule has 0 aliphatic carbocycles. The van der Waals surface area contributed by atoms with Crippen molar-refractivity contribution in [3.63, 3.8) is 0 Å². The Morgan fingerprint density at radius 1 is 0.759 bits per heavy atom. The number of carbonyl (C=O) groups excluding carboxylic acids is 2. The number of nitrogens with one attached hydrogen (secondary N) is 1. The van der Waals surface area contributed by atoms with E-state index in [9.17, 15) is 9.59 Å². The van der Waals surface area contributed by atoms with Gasteiger partial charge in [0.1, 0.15) is 0 Å². The molecular formula is C24H15BrClNO2. The van der Waals surface area contributed by atoms with E-state index < -0.39 is 0 Å². The lowest BCUT2D eigenvalue weighted by Gasteiger charge is -2.13. The Hall–Kier alpha value is -2.95. The number of carbonyl (C=O) groups is 2. The van der Waals surface area contributed by atoms with Crippen molar-refractivity contribution in [1.29, 1.82) is 0 Å². The smallest absolute Gasteiger partial charge is 0.256 e. The summed E-state index contributed by atoms with van der Waals surface area (Å²) in [6.45, 7) is 0. The van der Waals surface area contributed by atoms with Gasteiger partial charge in [0.2, 0.25) is 0 Å². The van der Waals surface area contributed by atoms with Crippen molar-refractivity contribution in [3.05, 3.63) is 111 Å². The Bertz CT molecular complexity index is 1250. The number of ketones is 1. The quantitative estimate of drug-likeness (QED) is 0.340. The third-order valence-electron chi connectivity index (χ3n) is 4.63.